The van der Waals surface area contributed by atoms with Crippen molar-refractivity contribution in [2.45, 2.75) is 59.5 Å². The van der Waals surface area contributed by atoms with Crippen LogP contribution >= 0.6 is 0 Å². The molecular formula is C11H25NO2. The number of nitrogens with two attached hydrogens (primary N) is 1. The topological polar surface area (TPSA) is 63.3 Å². The van der Waals surface area contributed by atoms with Crippen molar-refractivity contribution in [2.24, 2.45) is 11.7 Å². The van der Waals surface area contributed by atoms with Crippen LogP contribution in [0.4, 0.5) is 0 Å². The van der Waals surface area contributed by atoms with Gasteiger partial charge in [0.15, 0.2) is 0 Å². The SMILES string of the molecule is CC.CC.NC(=O)C1CCCC(O)C1. The summed E-state index contributed by atoms with van der Waals surface area (Å²) in [7, 11) is 0. The number of amides is 1. The molecule has 3 nitrogen and oxygen atoms in total. The molecule has 3 heteroatoms. The van der Waals surface area contributed by atoms with Crippen LogP contribution in [-0.2, 0) is 4.79 Å². The molecule has 86 valence electrons. The van der Waals surface area contributed by atoms with E-state index in [2.05, 4.69) is 0 Å². The molecule has 1 amide bonds. The third kappa shape index (κ3) is 6.89. The minimum atomic E-state index is -0.300. The number of carbonyl (C=O) groups excluding carboxylic acids is 1. The third-order valence-electron chi connectivity index (χ3n) is 2.05. The Hall–Kier alpha value is -0.570. The molecule has 2 atom stereocenters. The summed E-state index contributed by atoms with van der Waals surface area (Å²) in [5.41, 5.74) is 5.08. The van der Waals surface area contributed by atoms with Crippen molar-refractivity contribution < 1.29 is 9.90 Å². The molecule has 1 rings (SSSR count). The van der Waals surface area contributed by atoms with Crippen molar-refractivity contribution in [3.05, 3.63) is 0 Å². The normalized spacial score (nSPS) is 24.9. The van der Waals surface area contributed by atoms with E-state index in [-0.39, 0.29) is 17.9 Å². The molecule has 0 heterocycles. The molecule has 0 spiro atoms. The van der Waals surface area contributed by atoms with Gasteiger partial charge in [-0.05, 0) is 19.3 Å². The molecule has 0 aromatic carbocycles. The zero-order valence-corrected chi connectivity index (χ0v) is 9.92. The molecule has 0 aromatic rings. The molecule has 1 aliphatic rings. The lowest BCUT2D eigenvalue weighted by Crippen LogP contribution is -2.30. The number of hydrogen-bond acceptors (Lipinski definition) is 2. The van der Waals surface area contributed by atoms with E-state index in [0.717, 1.165) is 19.3 Å². The molecule has 0 saturated heterocycles. The molecule has 3 N–H and O–H groups in total. The van der Waals surface area contributed by atoms with Gasteiger partial charge in [0, 0.05) is 5.92 Å². The Labute approximate surface area is 87.7 Å². The van der Waals surface area contributed by atoms with Gasteiger partial charge in [-0.25, -0.2) is 0 Å². The summed E-state index contributed by atoms with van der Waals surface area (Å²) < 4.78 is 0. The Kier molecular flexibility index (Phi) is 11.9. The van der Waals surface area contributed by atoms with E-state index in [1.165, 1.54) is 0 Å². The zero-order valence-electron chi connectivity index (χ0n) is 9.92. The molecule has 0 aromatic heterocycles. The fraction of sp³-hybridized carbons (Fsp3) is 0.909. The summed E-state index contributed by atoms with van der Waals surface area (Å²) in [6.07, 6.45) is 2.87. The van der Waals surface area contributed by atoms with Crippen LogP contribution in [-0.4, -0.2) is 17.1 Å². The smallest absolute Gasteiger partial charge is 0.220 e. The predicted octanol–water partition coefficient (Wildman–Crippen LogP) is 2.08. The van der Waals surface area contributed by atoms with E-state index in [1.54, 1.807) is 0 Å². The van der Waals surface area contributed by atoms with E-state index in [1.807, 2.05) is 27.7 Å². The first kappa shape index (κ1) is 15.9. The molecule has 1 aliphatic carbocycles. The van der Waals surface area contributed by atoms with Crippen LogP contribution in [0.1, 0.15) is 53.4 Å². The van der Waals surface area contributed by atoms with E-state index >= 15 is 0 Å². The minimum absolute atomic E-state index is 0.0799. The van der Waals surface area contributed by atoms with Gasteiger partial charge < -0.3 is 10.8 Å². The lowest BCUT2D eigenvalue weighted by molar-refractivity contribution is -0.123. The first-order valence-corrected chi connectivity index (χ1v) is 5.67. The fourth-order valence-corrected chi connectivity index (χ4v) is 1.42. The van der Waals surface area contributed by atoms with Crippen LogP contribution in [0.5, 0.6) is 0 Å². The first-order valence-electron chi connectivity index (χ1n) is 5.67. The standard InChI is InChI=1S/C7H13NO2.2C2H6/c8-7(10)5-2-1-3-6(9)4-5;2*1-2/h5-6,9H,1-4H2,(H2,8,10);2*1-2H3. The van der Waals surface area contributed by atoms with Gasteiger partial charge in [0.05, 0.1) is 6.10 Å². The van der Waals surface area contributed by atoms with Crippen molar-refractivity contribution in [1.29, 1.82) is 0 Å². The highest BCUT2D eigenvalue weighted by molar-refractivity contribution is 5.76. The van der Waals surface area contributed by atoms with Gasteiger partial charge in [-0.3, -0.25) is 4.79 Å². The maximum atomic E-state index is 10.6. The highest BCUT2D eigenvalue weighted by atomic mass is 16.3. The summed E-state index contributed by atoms with van der Waals surface area (Å²) >= 11 is 0. The highest BCUT2D eigenvalue weighted by Gasteiger charge is 2.23. The molecule has 1 fully saturated rings. The van der Waals surface area contributed by atoms with Gasteiger partial charge in [-0.2, -0.15) is 0 Å². The zero-order chi connectivity index (χ0) is 11.6. The van der Waals surface area contributed by atoms with Crippen LogP contribution in [0.3, 0.4) is 0 Å². The molecule has 1 saturated carbocycles. The minimum Gasteiger partial charge on any atom is -0.393 e. The van der Waals surface area contributed by atoms with Crippen LogP contribution in [0.2, 0.25) is 0 Å². The molecule has 0 radical (unpaired) electrons. The molecule has 0 aliphatic heterocycles. The summed E-state index contributed by atoms with van der Waals surface area (Å²) in [5.74, 6) is -0.345. The van der Waals surface area contributed by atoms with Crippen LogP contribution in [0.15, 0.2) is 0 Å². The summed E-state index contributed by atoms with van der Waals surface area (Å²) in [6.45, 7) is 8.00. The Bertz CT molecular complexity index is 137. The summed E-state index contributed by atoms with van der Waals surface area (Å²) in [4.78, 5) is 10.6. The van der Waals surface area contributed by atoms with Gasteiger partial charge in [-0.1, -0.05) is 34.1 Å². The molecule has 2 unspecified atom stereocenters. The molecule has 14 heavy (non-hydrogen) atoms. The molecular weight excluding hydrogens is 178 g/mol. The van der Waals surface area contributed by atoms with Crippen LogP contribution in [0, 0.1) is 5.92 Å². The van der Waals surface area contributed by atoms with Gasteiger partial charge in [0.1, 0.15) is 0 Å². The average Bonchev–Trinajstić information content (AvgIpc) is 2.24. The number of rotatable bonds is 1. The number of aliphatic hydroxyl groups is 1. The largest absolute Gasteiger partial charge is 0.393 e. The quantitative estimate of drug-likeness (QED) is 0.685. The van der Waals surface area contributed by atoms with E-state index < -0.39 is 0 Å². The maximum Gasteiger partial charge on any atom is 0.220 e. The van der Waals surface area contributed by atoms with Gasteiger partial charge in [0.25, 0.3) is 0 Å². The number of aliphatic hydroxyl groups excluding tert-OH is 1. The third-order valence-corrected chi connectivity index (χ3v) is 2.05. The summed E-state index contributed by atoms with van der Waals surface area (Å²) in [6, 6.07) is 0. The van der Waals surface area contributed by atoms with Crippen molar-refractivity contribution in [3.63, 3.8) is 0 Å². The Balaban J connectivity index is 0. The molecule has 0 bridgehead atoms. The van der Waals surface area contributed by atoms with Crippen LogP contribution in [0.25, 0.3) is 0 Å². The second kappa shape index (κ2) is 10.5. The van der Waals surface area contributed by atoms with Gasteiger partial charge in [0.2, 0.25) is 5.91 Å². The van der Waals surface area contributed by atoms with E-state index in [0.29, 0.717) is 6.42 Å². The Morgan fingerprint density at radius 2 is 1.71 bits per heavy atom. The van der Waals surface area contributed by atoms with E-state index in [4.69, 9.17) is 10.8 Å². The predicted molar refractivity (Wildman–Crippen MR) is 59.9 cm³/mol. The number of hydrogen-bond donors (Lipinski definition) is 2. The van der Waals surface area contributed by atoms with Gasteiger partial charge in [-0.15, -0.1) is 0 Å². The average molecular weight is 203 g/mol. The van der Waals surface area contributed by atoms with E-state index in [9.17, 15) is 4.79 Å². The van der Waals surface area contributed by atoms with Crippen molar-refractivity contribution in [3.8, 4) is 0 Å². The lowest BCUT2D eigenvalue weighted by atomic mass is 9.87. The lowest BCUT2D eigenvalue weighted by Gasteiger charge is -2.22. The fourth-order valence-electron chi connectivity index (χ4n) is 1.42. The van der Waals surface area contributed by atoms with Crippen molar-refractivity contribution in [2.75, 3.05) is 0 Å². The second-order valence-corrected chi connectivity index (χ2v) is 2.92. The summed E-state index contributed by atoms with van der Waals surface area (Å²) in [5, 5.41) is 9.12. The maximum absolute atomic E-state index is 10.6. The number of primary amides is 1. The van der Waals surface area contributed by atoms with Crippen molar-refractivity contribution in [1.82, 2.24) is 0 Å². The highest BCUT2D eigenvalue weighted by Crippen LogP contribution is 2.23. The Morgan fingerprint density at radius 1 is 1.21 bits per heavy atom. The second-order valence-electron chi connectivity index (χ2n) is 2.92. The monoisotopic (exact) mass is 203 g/mol. The first-order chi connectivity index (χ1) is 6.70. The number of carbonyl (C=O) groups is 1. The van der Waals surface area contributed by atoms with Crippen molar-refractivity contribution >= 4 is 5.91 Å². The van der Waals surface area contributed by atoms with Crippen LogP contribution < -0.4 is 5.73 Å². The Morgan fingerprint density at radius 3 is 2.00 bits per heavy atom. The van der Waals surface area contributed by atoms with Gasteiger partial charge >= 0.3 is 0 Å².